The monoisotopic (exact) mass is 882 g/mol. The Kier molecular flexibility index (Phi) is 10.5. The van der Waals surface area contributed by atoms with Gasteiger partial charge in [-0.05, 0) is 101 Å². The predicted octanol–water partition coefficient (Wildman–Crippen LogP) is 12.4. The summed E-state index contributed by atoms with van der Waals surface area (Å²) >= 11 is 0. The highest BCUT2D eigenvalue weighted by atomic mass is 28.3. The minimum Gasteiger partial charge on any atom is -0.366 e. The largest absolute Gasteiger partial charge is 0.366 e. The van der Waals surface area contributed by atoms with Crippen LogP contribution in [0.5, 0.6) is 0 Å². The van der Waals surface area contributed by atoms with Crippen molar-refractivity contribution >= 4 is 56.3 Å². The molecule has 12 rings (SSSR count). The predicted molar refractivity (Wildman–Crippen MR) is 283 cm³/mol. The maximum atomic E-state index is 5.66. The maximum absolute atomic E-state index is 5.66. The Labute approximate surface area is 395 Å². The molecular weight excluding hydrogens is 829 g/mol. The van der Waals surface area contributed by atoms with Crippen molar-refractivity contribution in [2.45, 2.75) is 51.6 Å². The Bertz CT molecular complexity index is 3270. The van der Waals surface area contributed by atoms with Gasteiger partial charge in [0.25, 0.3) is 0 Å². The molecule has 4 unspecified atom stereocenters. The standard InChI is InChI=1S/C62H54N4Si/c1-43-35-45-37-44(2)65(51(36-43)38-45)50-33-34-57-56-31-15-16-32-59(56)66(60(57)41-50)61-42-58(48-22-17-21-47(39-48)46-19-7-3-8-20-46)63-62(64-61)49-23-18-30-55(40-49)67(52-24-9-4-10-25-52,53-26-11-5-12-27-53)54-28-13-6-14-29-54/h3-34,39-45,51H,35-38H2,1-2H3. The fourth-order valence-corrected chi connectivity index (χ4v) is 17.0. The van der Waals surface area contributed by atoms with Crippen LogP contribution in [0.3, 0.4) is 0 Å². The average Bonchev–Trinajstić information content (AvgIpc) is 3.71. The number of anilines is 1. The molecule has 2 fully saturated rings. The lowest BCUT2D eigenvalue weighted by Gasteiger charge is -2.50. The number of nitrogens with zero attached hydrogens (tertiary/aromatic N) is 4. The van der Waals surface area contributed by atoms with E-state index in [9.17, 15) is 0 Å². The molecular formula is C62H54N4Si. The van der Waals surface area contributed by atoms with Crippen LogP contribution < -0.4 is 25.6 Å². The van der Waals surface area contributed by atoms with E-state index in [1.54, 1.807) is 0 Å². The average molecular weight is 883 g/mol. The van der Waals surface area contributed by atoms with Gasteiger partial charge in [-0.1, -0.05) is 195 Å². The van der Waals surface area contributed by atoms with Crippen molar-refractivity contribution in [1.82, 2.24) is 14.5 Å². The second-order valence-corrected chi connectivity index (χ2v) is 23.0. The summed E-state index contributed by atoms with van der Waals surface area (Å²) in [7, 11) is -2.83. The van der Waals surface area contributed by atoms with Crippen LogP contribution in [0.4, 0.5) is 5.69 Å². The first-order chi connectivity index (χ1) is 33.0. The van der Waals surface area contributed by atoms with Gasteiger partial charge in [-0.25, -0.2) is 9.97 Å². The highest BCUT2D eigenvalue weighted by Crippen LogP contribution is 2.44. The first kappa shape index (κ1) is 41.1. The number of benzene rings is 8. The molecule has 2 aliphatic rings. The summed E-state index contributed by atoms with van der Waals surface area (Å²) in [6.45, 7) is 4.90. The fraction of sp³-hybridized carbons (Fsp3) is 0.161. The molecule has 0 N–H and O–H groups in total. The number of hydrogen-bond donors (Lipinski definition) is 0. The Morgan fingerprint density at radius 3 is 1.73 bits per heavy atom. The number of aromatic nitrogens is 3. The topological polar surface area (TPSA) is 34.0 Å². The molecule has 4 atom stereocenters. The molecule has 0 spiro atoms. The maximum Gasteiger partial charge on any atom is 0.179 e. The smallest absolute Gasteiger partial charge is 0.179 e. The summed E-state index contributed by atoms with van der Waals surface area (Å²) < 4.78 is 2.41. The van der Waals surface area contributed by atoms with E-state index in [1.165, 1.54) is 74.0 Å². The summed E-state index contributed by atoms with van der Waals surface area (Å²) in [5, 5.41) is 7.74. The number of piperidine rings is 1. The molecule has 4 nitrogen and oxygen atoms in total. The Balaban J connectivity index is 1.09. The second-order valence-electron chi connectivity index (χ2n) is 19.2. The van der Waals surface area contributed by atoms with Crippen molar-refractivity contribution in [3.05, 3.63) is 218 Å². The van der Waals surface area contributed by atoms with Crippen molar-refractivity contribution in [3.8, 4) is 39.6 Å². The Morgan fingerprint density at radius 1 is 0.433 bits per heavy atom. The van der Waals surface area contributed by atoms with Crippen molar-refractivity contribution in [2.75, 3.05) is 4.90 Å². The van der Waals surface area contributed by atoms with Crippen molar-refractivity contribution in [3.63, 3.8) is 0 Å². The van der Waals surface area contributed by atoms with Crippen LogP contribution in [0.2, 0.25) is 0 Å². The molecule has 326 valence electrons. The van der Waals surface area contributed by atoms with Crippen molar-refractivity contribution in [2.24, 2.45) is 11.8 Å². The molecule has 8 aromatic carbocycles. The molecule has 10 aromatic rings. The summed E-state index contributed by atoms with van der Waals surface area (Å²) in [4.78, 5) is 14.0. The van der Waals surface area contributed by atoms with Crippen LogP contribution in [0.1, 0.15) is 39.5 Å². The van der Waals surface area contributed by atoms with E-state index in [0.29, 0.717) is 17.9 Å². The zero-order chi connectivity index (χ0) is 44.9. The zero-order valence-corrected chi connectivity index (χ0v) is 39.2. The van der Waals surface area contributed by atoms with Gasteiger partial charge in [0.1, 0.15) is 5.82 Å². The third kappa shape index (κ3) is 7.30. The minimum atomic E-state index is -2.83. The van der Waals surface area contributed by atoms with Crippen LogP contribution in [0.15, 0.2) is 218 Å². The molecule has 1 saturated carbocycles. The Hall–Kier alpha value is -7.34. The zero-order valence-electron chi connectivity index (χ0n) is 38.2. The van der Waals surface area contributed by atoms with Gasteiger partial charge in [0.2, 0.25) is 0 Å². The molecule has 3 heterocycles. The highest BCUT2D eigenvalue weighted by Gasteiger charge is 2.42. The molecule has 1 aliphatic heterocycles. The van der Waals surface area contributed by atoms with E-state index in [0.717, 1.165) is 45.6 Å². The third-order valence-corrected chi connectivity index (χ3v) is 19.7. The summed E-state index contributed by atoms with van der Waals surface area (Å²) in [6.07, 6.45) is 5.17. The van der Waals surface area contributed by atoms with Crippen LogP contribution in [0.25, 0.3) is 61.4 Å². The molecule has 2 aromatic heterocycles. The lowest BCUT2D eigenvalue weighted by molar-refractivity contribution is 0.179. The van der Waals surface area contributed by atoms with E-state index in [1.807, 2.05) is 0 Å². The summed E-state index contributed by atoms with van der Waals surface area (Å²) in [5.41, 5.74) is 8.87. The molecule has 1 saturated heterocycles. The van der Waals surface area contributed by atoms with Gasteiger partial charge in [0.15, 0.2) is 13.9 Å². The highest BCUT2D eigenvalue weighted by molar-refractivity contribution is 7.19. The van der Waals surface area contributed by atoms with Crippen LogP contribution in [0, 0.1) is 11.8 Å². The van der Waals surface area contributed by atoms with Gasteiger partial charge < -0.3 is 4.90 Å². The fourth-order valence-electron chi connectivity index (χ4n) is 12.2. The normalized spacial score (nSPS) is 18.3. The number of hydrogen-bond acceptors (Lipinski definition) is 3. The van der Waals surface area contributed by atoms with Gasteiger partial charge >= 0.3 is 0 Å². The van der Waals surface area contributed by atoms with Gasteiger partial charge in [0, 0.05) is 45.7 Å². The van der Waals surface area contributed by atoms with Crippen molar-refractivity contribution < 1.29 is 0 Å². The minimum absolute atomic E-state index is 0.492. The second kappa shape index (κ2) is 17.1. The molecule has 2 bridgehead atoms. The van der Waals surface area contributed by atoms with Crippen molar-refractivity contribution in [1.29, 1.82) is 0 Å². The van der Waals surface area contributed by atoms with E-state index < -0.39 is 8.07 Å². The first-order valence-electron chi connectivity index (χ1n) is 24.2. The van der Waals surface area contributed by atoms with Gasteiger partial charge in [-0.15, -0.1) is 0 Å². The Morgan fingerprint density at radius 2 is 1.01 bits per heavy atom. The van der Waals surface area contributed by atoms with Crippen LogP contribution >= 0.6 is 0 Å². The number of rotatable bonds is 9. The lowest BCUT2D eigenvalue weighted by Crippen LogP contribution is -2.74. The SMILES string of the molecule is CC1CC2CC(C)N(c3ccc4c5ccccc5n(-c5cc(-c6cccc(-c7ccccc7)c6)nc(-c6cccc([Si](c7ccccc7)(c7ccccc7)c7ccccc7)c6)n5)c4c3)C(C1)C2. The number of para-hydroxylation sites is 1. The van der Waals surface area contributed by atoms with E-state index in [-0.39, 0.29) is 0 Å². The van der Waals surface area contributed by atoms with Gasteiger partial charge in [0.05, 0.1) is 16.7 Å². The molecule has 1 aliphatic carbocycles. The van der Waals surface area contributed by atoms with Crippen LogP contribution in [-0.2, 0) is 0 Å². The molecule has 0 amide bonds. The van der Waals surface area contributed by atoms with E-state index in [2.05, 4.69) is 242 Å². The van der Waals surface area contributed by atoms with E-state index in [4.69, 9.17) is 9.97 Å². The molecule has 5 heteroatoms. The van der Waals surface area contributed by atoms with Gasteiger partial charge in [-0.3, -0.25) is 4.57 Å². The molecule has 0 radical (unpaired) electrons. The van der Waals surface area contributed by atoms with Crippen LogP contribution in [-0.4, -0.2) is 34.7 Å². The van der Waals surface area contributed by atoms with Gasteiger partial charge in [-0.2, -0.15) is 0 Å². The summed E-state index contributed by atoms with van der Waals surface area (Å²) in [6, 6.07) is 81.3. The first-order valence-corrected chi connectivity index (χ1v) is 26.2. The van der Waals surface area contributed by atoms with E-state index >= 15 is 0 Å². The molecule has 67 heavy (non-hydrogen) atoms. The summed E-state index contributed by atoms with van der Waals surface area (Å²) in [5.74, 6) is 3.14. The number of fused-ring (bicyclic) bond motifs is 5. The lowest BCUT2D eigenvalue weighted by atomic mass is 9.72. The third-order valence-electron chi connectivity index (χ3n) is 14.9. The quantitative estimate of drug-likeness (QED) is 0.107.